The Balaban J connectivity index is 1.30. The molecule has 3 aliphatic heterocycles. The number of fused-ring (bicyclic) bond motifs is 1. The third-order valence-corrected chi connectivity index (χ3v) is 9.60. The highest BCUT2D eigenvalue weighted by atomic mass is 35.5. The number of nitrogens with zero attached hydrogens (tertiary/aromatic N) is 1. The number of anilines is 1. The highest BCUT2D eigenvalue weighted by Crippen LogP contribution is 2.41. The van der Waals surface area contributed by atoms with Crippen LogP contribution in [-0.2, 0) is 16.1 Å². The number of nitrogens with two attached hydrogens (primary N) is 2. The molecule has 8 nitrogen and oxygen atoms in total. The number of nitrogens with one attached hydrogen (secondary N) is 3. The molecule has 4 aliphatic rings. The van der Waals surface area contributed by atoms with E-state index >= 15 is 0 Å². The highest BCUT2D eigenvalue weighted by Gasteiger charge is 2.41. The van der Waals surface area contributed by atoms with E-state index < -0.39 is 0 Å². The summed E-state index contributed by atoms with van der Waals surface area (Å²) in [6.45, 7) is 0.653. The second-order valence-corrected chi connectivity index (χ2v) is 12.4. The molecule has 0 spiro atoms. The molecule has 0 radical (unpaired) electrons. The number of thioether (sulfide) groups is 1. The molecule has 3 heterocycles. The Morgan fingerprint density at radius 3 is 2.76 bits per heavy atom. The van der Waals surface area contributed by atoms with E-state index in [2.05, 4.69) is 15.7 Å². The van der Waals surface area contributed by atoms with Gasteiger partial charge in [0, 0.05) is 41.6 Å². The summed E-state index contributed by atoms with van der Waals surface area (Å²) in [6.07, 6.45) is 7.52. The molecule has 10 heteroatoms. The number of rotatable bonds is 6. The molecule has 1 amide bonds. The number of amidine groups is 1. The summed E-state index contributed by atoms with van der Waals surface area (Å²) in [5.41, 5.74) is 17.8. The van der Waals surface area contributed by atoms with Gasteiger partial charge >= 0.3 is 0 Å². The van der Waals surface area contributed by atoms with E-state index in [1.807, 2.05) is 18.2 Å². The lowest BCUT2D eigenvalue weighted by atomic mass is 9.91. The molecule has 5 unspecified atom stereocenters. The number of amides is 1. The summed E-state index contributed by atoms with van der Waals surface area (Å²) in [7, 11) is 0. The molecular weight excluding hydrogens is 472 g/mol. The summed E-state index contributed by atoms with van der Waals surface area (Å²) in [5.74, 6) is 0.0957. The van der Waals surface area contributed by atoms with Gasteiger partial charge in [-0.25, -0.2) is 0 Å². The normalized spacial score (nSPS) is 35.4. The van der Waals surface area contributed by atoms with Crippen LogP contribution in [0.15, 0.2) is 18.2 Å². The molecule has 5 atom stereocenters. The van der Waals surface area contributed by atoms with Crippen LogP contribution in [0, 0.1) is 5.41 Å². The number of hydroxylamine groups is 1. The van der Waals surface area contributed by atoms with Crippen molar-refractivity contribution in [3.63, 3.8) is 0 Å². The molecule has 2 saturated heterocycles. The number of halogens is 1. The van der Waals surface area contributed by atoms with Crippen LogP contribution < -0.4 is 27.2 Å². The van der Waals surface area contributed by atoms with E-state index in [-0.39, 0.29) is 46.7 Å². The number of benzene rings is 1. The van der Waals surface area contributed by atoms with Gasteiger partial charge in [0.15, 0.2) is 0 Å². The van der Waals surface area contributed by atoms with Gasteiger partial charge in [-0.2, -0.15) is 5.48 Å². The SMILES string of the molecule is N=C(N)c1ccc2c(c1)N(CC1CC(C3CCC(Cl)S3)ON1)C(C(=O)N[C@H]1CC[C@H](N)CC1)C2. The lowest BCUT2D eigenvalue weighted by Gasteiger charge is -2.32. The predicted octanol–water partition coefficient (Wildman–Crippen LogP) is 2.21. The first-order chi connectivity index (χ1) is 16.4. The monoisotopic (exact) mass is 506 g/mol. The molecule has 186 valence electrons. The second-order valence-electron chi connectivity index (χ2n) is 10.1. The van der Waals surface area contributed by atoms with Gasteiger partial charge in [0.1, 0.15) is 11.9 Å². The number of hydrogen-bond donors (Lipinski definition) is 5. The average molecular weight is 507 g/mol. The molecule has 1 aliphatic carbocycles. The van der Waals surface area contributed by atoms with E-state index in [0.29, 0.717) is 23.8 Å². The van der Waals surface area contributed by atoms with E-state index in [4.69, 9.17) is 33.3 Å². The van der Waals surface area contributed by atoms with Gasteiger partial charge < -0.3 is 21.7 Å². The lowest BCUT2D eigenvalue weighted by molar-refractivity contribution is -0.123. The summed E-state index contributed by atoms with van der Waals surface area (Å²) < 4.78 is 0.172. The Morgan fingerprint density at radius 2 is 2.06 bits per heavy atom. The number of hydrogen-bond acceptors (Lipinski definition) is 7. The van der Waals surface area contributed by atoms with Gasteiger partial charge in [0.25, 0.3) is 0 Å². The van der Waals surface area contributed by atoms with Gasteiger partial charge in [-0.3, -0.25) is 15.0 Å². The first-order valence-corrected chi connectivity index (χ1v) is 13.8. The topological polar surface area (TPSA) is 129 Å². The van der Waals surface area contributed by atoms with Gasteiger partial charge in [-0.15, -0.1) is 23.4 Å². The zero-order chi connectivity index (χ0) is 23.8. The molecule has 1 saturated carbocycles. The minimum atomic E-state index is -0.290. The third-order valence-electron chi connectivity index (χ3n) is 7.65. The quantitative estimate of drug-likeness (QED) is 0.227. The zero-order valence-corrected chi connectivity index (χ0v) is 20.9. The van der Waals surface area contributed by atoms with Crippen LogP contribution in [0.25, 0.3) is 0 Å². The van der Waals surface area contributed by atoms with Crippen molar-refractivity contribution < 1.29 is 9.63 Å². The molecule has 5 rings (SSSR count). The summed E-state index contributed by atoms with van der Waals surface area (Å²) in [5, 5.41) is 11.6. The number of nitrogen functional groups attached to an aromatic ring is 1. The van der Waals surface area contributed by atoms with Crippen molar-refractivity contribution in [2.75, 3.05) is 11.4 Å². The van der Waals surface area contributed by atoms with E-state index in [1.54, 1.807) is 11.8 Å². The number of alkyl halides is 1. The van der Waals surface area contributed by atoms with Crippen LogP contribution in [-0.4, -0.2) is 58.5 Å². The molecule has 0 bridgehead atoms. The summed E-state index contributed by atoms with van der Waals surface area (Å²) >= 11 is 8.10. The van der Waals surface area contributed by atoms with Gasteiger partial charge in [-0.1, -0.05) is 12.1 Å². The van der Waals surface area contributed by atoms with Crippen LogP contribution in [0.5, 0.6) is 0 Å². The Kier molecular flexibility index (Phi) is 7.27. The van der Waals surface area contributed by atoms with Gasteiger partial charge in [0.2, 0.25) is 5.91 Å². The zero-order valence-electron chi connectivity index (χ0n) is 19.3. The standard InChI is InChI=1S/C24H35ClN6O2S/c25-22-8-7-21(34-22)20-11-17(30-33-20)12-31-18-10-14(23(27)28)2-1-13(18)9-19(31)24(32)29-16-5-3-15(26)4-6-16/h1-2,10,15-17,19-22,30H,3-9,11-12,26H2,(H3,27,28)(H,29,32)/t15-,16-,17?,19?,20?,21?,22?. The average Bonchev–Trinajstić information content (AvgIpc) is 3.54. The summed E-state index contributed by atoms with van der Waals surface area (Å²) in [6, 6.07) is 6.07. The van der Waals surface area contributed by atoms with Crippen molar-refractivity contribution in [2.45, 2.75) is 91.6 Å². The molecule has 3 fully saturated rings. The number of carbonyl (C=O) groups excluding carboxylic acids is 1. The van der Waals surface area contributed by atoms with Crippen molar-refractivity contribution in [1.29, 1.82) is 5.41 Å². The maximum Gasteiger partial charge on any atom is 0.243 e. The molecule has 34 heavy (non-hydrogen) atoms. The minimum absolute atomic E-state index is 0.0328. The minimum Gasteiger partial charge on any atom is -0.384 e. The van der Waals surface area contributed by atoms with Crippen molar-refractivity contribution in [1.82, 2.24) is 10.8 Å². The van der Waals surface area contributed by atoms with E-state index in [1.165, 1.54) is 0 Å². The first-order valence-electron chi connectivity index (χ1n) is 12.4. The van der Waals surface area contributed by atoms with Gasteiger partial charge in [0.05, 0.1) is 16.9 Å². The Morgan fingerprint density at radius 1 is 1.26 bits per heavy atom. The molecule has 1 aromatic rings. The lowest BCUT2D eigenvalue weighted by Crippen LogP contribution is -2.52. The van der Waals surface area contributed by atoms with Crippen LogP contribution in [0.1, 0.15) is 56.1 Å². The summed E-state index contributed by atoms with van der Waals surface area (Å²) in [4.78, 5) is 21.6. The fourth-order valence-electron chi connectivity index (χ4n) is 5.71. The molecule has 0 aromatic heterocycles. The van der Waals surface area contributed by atoms with Crippen LogP contribution in [0.4, 0.5) is 5.69 Å². The smallest absolute Gasteiger partial charge is 0.243 e. The van der Waals surface area contributed by atoms with Crippen molar-refractivity contribution in [3.8, 4) is 0 Å². The number of carbonyl (C=O) groups is 1. The first kappa shape index (κ1) is 24.2. The molecule has 7 N–H and O–H groups in total. The predicted molar refractivity (Wildman–Crippen MR) is 137 cm³/mol. The molecule has 1 aromatic carbocycles. The van der Waals surface area contributed by atoms with E-state index in [9.17, 15) is 4.79 Å². The molecular formula is C24H35ClN6O2S. The maximum atomic E-state index is 13.5. The van der Waals surface area contributed by atoms with Crippen molar-refractivity contribution >= 4 is 40.8 Å². The van der Waals surface area contributed by atoms with Gasteiger partial charge in [-0.05, 0) is 56.6 Å². The van der Waals surface area contributed by atoms with Crippen LogP contribution in [0.3, 0.4) is 0 Å². The maximum absolute atomic E-state index is 13.5. The second kappa shape index (κ2) is 10.2. The third kappa shape index (κ3) is 5.18. The van der Waals surface area contributed by atoms with Crippen molar-refractivity contribution in [3.05, 3.63) is 29.3 Å². The largest absolute Gasteiger partial charge is 0.384 e. The Bertz CT molecular complexity index is 927. The van der Waals surface area contributed by atoms with Crippen LogP contribution >= 0.6 is 23.4 Å². The fourth-order valence-corrected chi connectivity index (χ4v) is 7.50. The van der Waals surface area contributed by atoms with E-state index in [0.717, 1.165) is 56.2 Å². The highest BCUT2D eigenvalue weighted by molar-refractivity contribution is 8.01. The Hall–Kier alpha value is -1.52. The Labute approximate surface area is 210 Å². The fraction of sp³-hybridized carbons (Fsp3) is 0.667. The van der Waals surface area contributed by atoms with Crippen molar-refractivity contribution in [2.24, 2.45) is 11.5 Å². The van der Waals surface area contributed by atoms with Crippen LogP contribution in [0.2, 0.25) is 0 Å².